The summed E-state index contributed by atoms with van der Waals surface area (Å²) in [5, 5.41) is 10.3. The molecule has 0 aromatic carbocycles. The van der Waals surface area contributed by atoms with Gasteiger partial charge in [0, 0.05) is 6.07 Å². The fraction of sp³-hybridized carbons (Fsp3) is 0.286. The van der Waals surface area contributed by atoms with Crippen molar-refractivity contribution in [3.63, 3.8) is 0 Å². The number of ether oxygens (including phenoxy) is 1. The minimum atomic E-state index is -4.12. The molecule has 11 nitrogen and oxygen atoms in total. The summed E-state index contributed by atoms with van der Waals surface area (Å²) in [6, 6.07) is 0.835. The highest BCUT2D eigenvalue weighted by Crippen LogP contribution is 2.51. The number of nitro groups is 1. The molecule has 0 unspecified atom stereocenters. The third-order valence-electron chi connectivity index (χ3n) is 1.67. The Bertz CT molecular complexity index is 548. The van der Waals surface area contributed by atoms with E-state index in [0.29, 0.717) is 11.3 Å². The lowest BCUT2D eigenvalue weighted by Crippen LogP contribution is -2.16. The summed E-state index contributed by atoms with van der Waals surface area (Å²) >= 11 is 0.465. The lowest BCUT2D eigenvalue weighted by Gasteiger charge is -2.10. The van der Waals surface area contributed by atoms with Gasteiger partial charge in [0.25, 0.3) is 5.06 Å². The number of nitrogens with zero attached hydrogens (tertiary/aromatic N) is 1. The first-order valence-electron chi connectivity index (χ1n) is 4.65. The molecule has 1 heterocycles. The first-order valence-corrected chi connectivity index (χ1v) is 7.01. The molecule has 0 radical (unpaired) electrons. The molecule has 0 fully saturated rings. The van der Waals surface area contributed by atoms with Gasteiger partial charge in [0.2, 0.25) is 0 Å². The molecular weight excluding hydrogens is 319 g/mol. The Labute approximate surface area is 115 Å². The van der Waals surface area contributed by atoms with Gasteiger partial charge in [0.05, 0.1) is 19.1 Å². The van der Waals surface area contributed by atoms with Gasteiger partial charge in [-0.3, -0.25) is 10.1 Å². The van der Waals surface area contributed by atoms with Crippen molar-refractivity contribution in [3.05, 3.63) is 16.2 Å². The van der Waals surface area contributed by atoms with Crippen LogP contribution in [0.2, 0.25) is 0 Å². The van der Waals surface area contributed by atoms with Crippen LogP contribution in [0.1, 0.15) is 0 Å². The van der Waals surface area contributed by atoms with Crippen molar-refractivity contribution in [2.45, 2.75) is 0 Å². The largest absolute Gasteiger partial charge is 0.425 e. The number of hydrogen-bond donors (Lipinski definition) is 1. The fourth-order valence-corrected chi connectivity index (χ4v) is 3.51. The average Bonchev–Trinajstić information content (AvgIpc) is 2.73. The summed E-state index contributed by atoms with van der Waals surface area (Å²) in [6.07, 6.45) is -1.27. The lowest BCUT2D eigenvalue weighted by atomic mass is 10.5. The second kappa shape index (κ2) is 6.74. The van der Waals surface area contributed by atoms with Crippen molar-refractivity contribution in [3.8, 4) is 5.06 Å². The standard InChI is InChI=1S/C7H9N2O9PS/c1-14-17-19(13,18-15-2)5-3-4(9(11)12)6(20-5)16-7(8)10/h3H,1-2H3,(H2,8,10). The molecule has 0 spiro atoms. The topological polar surface area (TPSA) is 149 Å². The lowest BCUT2D eigenvalue weighted by molar-refractivity contribution is -0.385. The predicted molar refractivity (Wildman–Crippen MR) is 64.6 cm³/mol. The highest BCUT2D eigenvalue weighted by atomic mass is 32.1. The van der Waals surface area contributed by atoms with Crippen molar-refractivity contribution < 1.29 is 38.1 Å². The van der Waals surface area contributed by atoms with Crippen molar-refractivity contribution in [2.24, 2.45) is 5.73 Å². The van der Waals surface area contributed by atoms with Gasteiger partial charge in [-0.1, -0.05) is 11.3 Å². The van der Waals surface area contributed by atoms with E-state index in [4.69, 9.17) is 5.73 Å². The second-order valence-corrected chi connectivity index (χ2v) is 6.01. The number of rotatable bonds is 7. The first kappa shape index (κ1) is 16.5. The Morgan fingerprint density at radius 3 is 2.35 bits per heavy atom. The number of hydrogen-bond acceptors (Lipinski definition) is 10. The van der Waals surface area contributed by atoms with Gasteiger partial charge < -0.3 is 10.5 Å². The Morgan fingerprint density at radius 2 is 1.95 bits per heavy atom. The molecular formula is C7H9N2O9PS. The highest BCUT2D eigenvalue weighted by molar-refractivity contribution is 7.68. The van der Waals surface area contributed by atoms with Gasteiger partial charge >= 0.3 is 19.4 Å². The summed E-state index contributed by atoms with van der Waals surface area (Å²) in [4.78, 5) is 29.1. The zero-order chi connectivity index (χ0) is 15.3. The maximum absolute atomic E-state index is 12.2. The number of amides is 1. The van der Waals surface area contributed by atoms with Gasteiger partial charge in [0.15, 0.2) is 0 Å². The van der Waals surface area contributed by atoms with Gasteiger partial charge in [-0.2, -0.15) is 0 Å². The van der Waals surface area contributed by atoms with Crippen LogP contribution >= 0.6 is 18.9 Å². The Morgan fingerprint density at radius 1 is 1.40 bits per heavy atom. The zero-order valence-corrected chi connectivity index (χ0v) is 11.8. The maximum Gasteiger partial charge on any atom is 0.425 e. The average molecular weight is 328 g/mol. The van der Waals surface area contributed by atoms with Crippen LogP contribution in [0.25, 0.3) is 0 Å². The molecule has 0 aliphatic carbocycles. The molecule has 2 N–H and O–H groups in total. The zero-order valence-electron chi connectivity index (χ0n) is 10.1. The molecule has 0 atom stereocenters. The molecule has 112 valence electrons. The minimum absolute atomic E-state index is 0.274. The summed E-state index contributed by atoms with van der Waals surface area (Å²) < 4.78 is 25.2. The number of primary amides is 1. The molecule has 0 aliphatic heterocycles. The van der Waals surface area contributed by atoms with E-state index in [2.05, 4.69) is 23.9 Å². The van der Waals surface area contributed by atoms with Gasteiger partial charge in [-0.15, -0.1) is 9.35 Å². The highest BCUT2D eigenvalue weighted by Gasteiger charge is 2.37. The molecule has 0 bridgehead atoms. The molecule has 1 aromatic rings. The number of carbonyl (C=O) groups excluding carboxylic acids is 1. The van der Waals surface area contributed by atoms with Crippen molar-refractivity contribution in [1.82, 2.24) is 0 Å². The summed E-state index contributed by atoms with van der Waals surface area (Å²) in [5.41, 5.74) is 4.14. The van der Waals surface area contributed by atoms with Crippen LogP contribution in [0.3, 0.4) is 0 Å². The van der Waals surface area contributed by atoms with E-state index in [1.807, 2.05) is 0 Å². The van der Waals surface area contributed by atoms with E-state index in [1.165, 1.54) is 0 Å². The molecule has 0 saturated carbocycles. The molecule has 1 rings (SSSR count). The van der Waals surface area contributed by atoms with Crippen molar-refractivity contribution >= 4 is 35.3 Å². The smallest absolute Gasteiger partial charge is 0.392 e. The molecule has 1 amide bonds. The Kier molecular flexibility index (Phi) is 5.56. The third-order valence-corrected chi connectivity index (χ3v) is 4.78. The van der Waals surface area contributed by atoms with Gasteiger partial charge in [0.1, 0.15) is 4.62 Å². The van der Waals surface area contributed by atoms with E-state index in [-0.39, 0.29) is 4.62 Å². The number of carbonyl (C=O) groups is 1. The molecule has 1 aromatic heterocycles. The Hall–Kier alpha value is -1.56. The normalized spacial score (nSPS) is 11.3. The van der Waals surface area contributed by atoms with E-state index < -0.39 is 29.4 Å². The van der Waals surface area contributed by atoms with E-state index in [0.717, 1.165) is 20.3 Å². The molecule has 20 heavy (non-hydrogen) atoms. The minimum Gasteiger partial charge on any atom is -0.392 e. The van der Waals surface area contributed by atoms with Crippen molar-refractivity contribution in [2.75, 3.05) is 14.2 Å². The van der Waals surface area contributed by atoms with Crippen LogP contribution in [-0.2, 0) is 23.7 Å². The second-order valence-electron chi connectivity index (χ2n) is 2.92. The SMILES string of the molecule is COOP(=O)(OOC)c1cc([N+](=O)[O-])c(OC(N)=O)s1. The summed E-state index contributed by atoms with van der Waals surface area (Å²) in [7, 11) is -2.02. The van der Waals surface area contributed by atoms with E-state index in [9.17, 15) is 19.5 Å². The van der Waals surface area contributed by atoms with Crippen LogP contribution in [0.5, 0.6) is 5.06 Å². The third kappa shape index (κ3) is 3.72. The first-order chi connectivity index (χ1) is 9.34. The fourth-order valence-electron chi connectivity index (χ4n) is 1.06. The van der Waals surface area contributed by atoms with Crippen LogP contribution in [0, 0.1) is 10.1 Å². The monoisotopic (exact) mass is 328 g/mol. The van der Waals surface area contributed by atoms with E-state index in [1.54, 1.807) is 0 Å². The van der Waals surface area contributed by atoms with Crippen LogP contribution < -0.4 is 15.1 Å². The van der Waals surface area contributed by atoms with Crippen LogP contribution in [0.15, 0.2) is 6.07 Å². The molecule has 0 saturated heterocycles. The number of thiophene rings is 1. The quantitative estimate of drug-likeness (QED) is 0.335. The van der Waals surface area contributed by atoms with Crippen molar-refractivity contribution in [1.29, 1.82) is 0 Å². The van der Waals surface area contributed by atoms with E-state index >= 15 is 0 Å². The number of nitrogens with two attached hydrogens (primary N) is 1. The predicted octanol–water partition coefficient (Wildman–Crippen LogP) is 1.09. The maximum atomic E-state index is 12.2. The Balaban J connectivity index is 3.27. The molecule has 13 heteroatoms. The summed E-state index contributed by atoms with van der Waals surface area (Å²) in [5.74, 6) is 0. The van der Waals surface area contributed by atoms with Gasteiger partial charge in [-0.05, 0) is 0 Å². The molecule has 0 aliphatic rings. The summed E-state index contributed by atoms with van der Waals surface area (Å²) in [6.45, 7) is 0. The van der Waals surface area contributed by atoms with Crippen LogP contribution in [0.4, 0.5) is 10.5 Å². The van der Waals surface area contributed by atoms with Crippen LogP contribution in [-0.4, -0.2) is 25.2 Å². The van der Waals surface area contributed by atoms with Gasteiger partial charge in [-0.25, -0.2) is 19.1 Å².